The molecule has 2 aromatic carbocycles. The van der Waals surface area contributed by atoms with Gasteiger partial charge in [0.25, 0.3) is 0 Å². The van der Waals surface area contributed by atoms with Gasteiger partial charge in [-0.15, -0.1) is 0 Å². The average molecular weight is 288 g/mol. The van der Waals surface area contributed by atoms with E-state index in [1.54, 1.807) is 0 Å². The van der Waals surface area contributed by atoms with Gasteiger partial charge in [0.05, 0.1) is 6.04 Å². The lowest BCUT2D eigenvalue weighted by atomic mass is 9.96. The number of hydrogen-bond acceptors (Lipinski definition) is 2. The maximum absolute atomic E-state index is 6.38. The topological polar surface area (TPSA) is 35.2 Å². The smallest absolute Gasteiger partial charge is 0.123 e. The first-order valence-corrected chi connectivity index (χ1v) is 7.23. The Hall–Kier alpha value is -1.51. The monoisotopic (exact) mass is 287 g/mol. The largest absolute Gasteiger partial charge is 0.490 e. The van der Waals surface area contributed by atoms with Crippen molar-refractivity contribution in [2.45, 2.75) is 32.4 Å². The van der Waals surface area contributed by atoms with Crippen molar-refractivity contribution in [3.8, 4) is 5.75 Å². The summed E-state index contributed by atoms with van der Waals surface area (Å²) in [6.07, 6.45) is 1.20. The minimum absolute atomic E-state index is 0.159. The molecule has 0 bridgehead atoms. The van der Waals surface area contributed by atoms with E-state index in [9.17, 15) is 0 Å². The summed E-state index contributed by atoms with van der Waals surface area (Å²) in [5.41, 5.74) is 10.9. The maximum atomic E-state index is 6.38. The number of hydrogen-bond donors (Lipinski definition) is 1. The molecule has 0 aromatic heterocycles. The number of halogens is 1. The zero-order valence-corrected chi connectivity index (χ0v) is 12.4. The van der Waals surface area contributed by atoms with Crippen molar-refractivity contribution in [3.63, 3.8) is 0 Å². The lowest BCUT2D eigenvalue weighted by Crippen LogP contribution is -2.12. The molecule has 2 N–H and O–H groups in total. The van der Waals surface area contributed by atoms with Crippen LogP contribution in [-0.2, 0) is 6.42 Å². The third kappa shape index (κ3) is 2.54. The molecular formula is C17H18ClNO. The summed E-state index contributed by atoms with van der Waals surface area (Å²) in [7, 11) is 0. The molecule has 1 aliphatic heterocycles. The van der Waals surface area contributed by atoms with E-state index < -0.39 is 0 Å². The number of nitrogens with two attached hydrogens (primary N) is 1. The molecule has 3 heteroatoms. The Balaban J connectivity index is 1.95. The van der Waals surface area contributed by atoms with E-state index in [0.717, 1.165) is 33.9 Å². The van der Waals surface area contributed by atoms with E-state index >= 15 is 0 Å². The van der Waals surface area contributed by atoms with E-state index in [0.29, 0.717) is 0 Å². The Labute approximate surface area is 124 Å². The van der Waals surface area contributed by atoms with E-state index in [-0.39, 0.29) is 12.1 Å². The van der Waals surface area contributed by atoms with Crippen LogP contribution in [0.1, 0.15) is 35.2 Å². The van der Waals surface area contributed by atoms with E-state index in [1.807, 2.05) is 31.2 Å². The first-order chi connectivity index (χ1) is 9.52. The lowest BCUT2D eigenvalue weighted by Gasteiger charge is -2.15. The maximum Gasteiger partial charge on any atom is 0.123 e. The summed E-state index contributed by atoms with van der Waals surface area (Å²) in [4.78, 5) is 0. The quantitative estimate of drug-likeness (QED) is 0.905. The Kier molecular flexibility index (Phi) is 3.45. The van der Waals surface area contributed by atoms with Crippen molar-refractivity contribution in [2.75, 3.05) is 0 Å². The molecule has 0 saturated heterocycles. The molecular weight excluding hydrogens is 270 g/mol. The summed E-state index contributed by atoms with van der Waals surface area (Å²) in [6, 6.07) is 12.0. The van der Waals surface area contributed by atoms with Crippen LogP contribution in [0, 0.1) is 6.92 Å². The fourth-order valence-corrected chi connectivity index (χ4v) is 3.07. The van der Waals surface area contributed by atoms with E-state index in [4.69, 9.17) is 22.1 Å². The Morgan fingerprint density at radius 1 is 1.20 bits per heavy atom. The first kappa shape index (κ1) is 13.5. The van der Waals surface area contributed by atoms with Gasteiger partial charge in [-0.1, -0.05) is 29.8 Å². The van der Waals surface area contributed by atoms with Gasteiger partial charge in [0, 0.05) is 11.4 Å². The molecule has 2 unspecified atom stereocenters. The van der Waals surface area contributed by atoms with Crippen molar-refractivity contribution in [2.24, 2.45) is 5.73 Å². The van der Waals surface area contributed by atoms with Gasteiger partial charge in [0.2, 0.25) is 0 Å². The van der Waals surface area contributed by atoms with Crippen LogP contribution in [0.25, 0.3) is 0 Å². The molecule has 0 spiro atoms. The van der Waals surface area contributed by atoms with Gasteiger partial charge < -0.3 is 10.5 Å². The predicted molar refractivity (Wildman–Crippen MR) is 82.5 cm³/mol. The summed E-state index contributed by atoms with van der Waals surface area (Å²) >= 11 is 6.12. The van der Waals surface area contributed by atoms with E-state index in [1.165, 1.54) is 5.56 Å². The van der Waals surface area contributed by atoms with Crippen LogP contribution >= 0.6 is 11.6 Å². The molecule has 0 fully saturated rings. The van der Waals surface area contributed by atoms with Crippen LogP contribution in [0.3, 0.4) is 0 Å². The summed E-state index contributed by atoms with van der Waals surface area (Å²) in [6.45, 7) is 4.11. The zero-order valence-electron chi connectivity index (χ0n) is 11.7. The van der Waals surface area contributed by atoms with Gasteiger partial charge >= 0.3 is 0 Å². The average Bonchev–Trinajstić information content (AvgIpc) is 2.75. The second kappa shape index (κ2) is 5.12. The summed E-state index contributed by atoms with van der Waals surface area (Å²) < 4.78 is 5.72. The number of rotatable bonds is 2. The highest BCUT2D eigenvalue weighted by Crippen LogP contribution is 2.32. The summed E-state index contributed by atoms with van der Waals surface area (Å²) in [5, 5.41) is 0.730. The molecule has 20 heavy (non-hydrogen) atoms. The van der Waals surface area contributed by atoms with Gasteiger partial charge in [0.15, 0.2) is 0 Å². The lowest BCUT2D eigenvalue weighted by molar-refractivity contribution is 0.254. The molecule has 0 amide bonds. The van der Waals surface area contributed by atoms with E-state index in [2.05, 4.69) is 19.1 Å². The molecule has 0 radical (unpaired) electrons. The second-order valence-electron chi connectivity index (χ2n) is 5.54. The standard InChI is InChI=1S/C17H18ClNO/c1-10-5-14(9-15(18)6-10)17(19)12-3-4-16-13(8-12)7-11(2)20-16/h3-6,8-9,11,17H,7,19H2,1-2H3. The van der Waals surface area contributed by atoms with Crippen LogP contribution < -0.4 is 10.5 Å². The second-order valence-corrected chi connectivity index (χ2v) is 5.98. The molecule has 3 rings (SSSR count). The van der Waals surface area contributed by atoms with Gasteiger partial charge in [-0.05, 0) is 54.3 Å². The molecule has 2 nitrogen and oxygen atoms in total. The first-order valence-electron chi connectivity index (χ1n) is 6.85. The number of ether oxygens (including phenoxy) is 1. The molecule has 104 valence electrons. The highest BCUT2D eigenvalue weighted by Gasteiger charge is 2.20. The van der Waals surface area contributed by atoms with Crippen molar-refractivity contribution in [1.82, 2.24) is 0 Å². The van der Waals surface area contributed by atoms with Gasteiger partial charge in [-0.25, -0.2) is 0 Å². The van der Waals surface area contributed by atoms with Crippen molar-refractivity contribution in [1.29, 1.82) is 0 Å². The van der Waals surface area contributed by atoms with Crippen LogP contribution in [0.2, 0.25) is 5.02 Å². The fraction of sp³-hybridized carbons (Fsp3) is 0.294. The molecule has 0 aliphatic carbocycles. The molecule has 2 aromatic rings. The normalized spacial score (nSPS) is 18.5. The molecule has 1 aliphatic rings. The van der Waals surface area contributed by atoms with Crippen molar-refractivity contribution in [3.05, 3.63) is 63.7 Å². The van der Waals surface area contributed by atoms with Gasteiger partial charge in [-0.2, -0.15) is 0 Å². The van der Waals surface area contributed by atoms with Crippen LogP contribution in [0.15, 0.2) is 36.4 Å². The van der Waals surface area contributed by atoms with Gasteiger partial charge in [-0.3, -0.25) is 0 Å². The predicted octanol–water partition coefficient (Wildman–Crippen LogP) is 4.02. The highest BCUT2D eigenvalue weighted by molar-refractivity contribution is 6.30. The summed E-state index contributed by atoms with van der Waals surface area (Å²) in [5.74, 6) is 0.982. The fourth-order valence-electron chi connectivity index (χ4n) is 2.77. The van der Waals surface area contributed by atoms with Crippen molar-refractivity contribution < 1.29 is 4.74 Å². The Morgan fingerprint density at radius 2 is 2.00 bits per heavy atom. The minimum Gasteiger partial charge on any atom is -0.490 e. The van der Waals surface area contributed by atoms with Gasteiger partial charge in [0.1, 0.15) is 11.9 Å². The zero-order chi connectivity index (χ0) is 14.3. The number of fused-ring (bicyclic) bond motifs is 1. The number of benzene rings is 2. The Bertz CT molecular complexity index is 633. The Morgan fingerprint density at radius 3 is 2.75 bits per heavy atom. The minimum atomic E-state index is -0.159. The van der Waals surface area contributed by atoms with Crippen molar-refractivity contribution >= 4 is 11.6 Å². The highest BCUT2D eigenvalue weighted by atomic mass is 35.5. The molecule has 0 saturated carbocycles. The SMILES string of the molecule is Cc1cc(Cl)cc(C(N)c2ccc3c(c2)CC(C)O3)c1. The van der Waals surface area contributed by atoms with Crippen LogP contribution in [0.4, 0.5) is 0 Å². The van der Waals surface area contributed by atoms with Crippen LogP contribution in [0.5, 0.6) is 5.75 Å². The third-order valence-electron chi connectivity index (χ3n) is 3.70. The third-order valence-corrected chi connectivity index (χ3v) is 3.92. The number of aryl methyl sites for hydroxylation is 1. The van der Waals surface area contributed by atoms with Crippen LogP contribution in [-0.4, -0.2) is 6.10 Å². The molecule has 2 atom stereocenters. The molecule has 1 heterocycles.